The van der Waals surface area contributed by atoms with Crippen LogP contribution in [0.25, 0.3) is 22.5 Å². The number of primary amides is 1. The number of amides is 2. The molecule has 3 heterocycles. The molecule has 1 saturated carbocycles. The molecule has 7 nitrogen and oxygen atoms in total. The van der Waals surface area contributed by atoms with Crippen molar-refractivity contribution in [2.75, 3.05) is 13.6 Å². The van der Waals surface area contributed by atoms with Gasteiger partial charge in [0.1, 0.15) is 5.69 Å². The second kappa shape index (κ2) is 7.65. The van der Waals surface area contributed by atoms with Gasteiger partial charge in [0.15, 0.2) is 0 Å². The average Bonchev–Trinajstić information content (AvgIpc) is 3.30. The fraction of sp³-hybridized carbons (Fsp3) is 0.280. The molecule has 3 atom stereocenters. The van der Waals surface area contributed by atoms with Gasteiger partial charge in [-0.05, 0) is 36.8 Å². The number of rotatable bonds is 3. The maximum absolute atomic E-state index is 12.0. The van der Waals surface area contributed by atoms with Gasteiger partial charge < -0.3 is 10.6 Å². The first-order chi connectivity index (χ1) is 15.4. The molecule has 0 bridgehead atoms. The lowest BCUT2D eigenvalue weighted by atomic mass is 9.67. The Balaban J connectivity index is 1.45. The summed E-state index contributed by atoms with van der Waals surface area (Å²) in [6.07, 6.45) is 2.55. The summed E-state index contributed by atoms with van der Waals surface area (Å²) >= 11 is 0. The van der Waals surface area contributed by atoms with Gasteiger partial charge in [-0.1, -0.05) is 24.0 Å². The van der Waals surface area contributed by atoms with Crippen molar-refractivity contribution < 1.29 is 9.59 Å². The molecule has 1 aliphatic carbocycles. The molecule has 2 N–H and O–H groups in total. The van der Waals surface area contributed by atoms with Crippen LogP contribution in [-0.4, -0.2) is 45.1 Å². The summed E-state index contributed by atoms with van der Waals surface area (Å²) in [5.74, 6) is 7.06. The number of carbonyl (C=O) groups excluding carboxylic acids is 2. The number of benzene rings is 1. The molecule has 5 rings (SSSR count). The van der Waals surface area contributed by atoms with Crippen LogP contribution in [-0.2, 0) is 11.8 Å². The number of hydrogen-bond donors (Lipinski definition) is 1. The molecule has 160 valence electrons. The molecule has 0 radical (unpaired) electrons. The van der Waals surface area contributed by atoms with E-state index in [1.165, 1.54) is 0 Å². The second-order valence-corrected chi connectivity index (χ2v) is 8.51. The molecular formula is C25H23N5O2. The minimum Gasteiger partial charge on any atom is -0.364 e. The van der Waals surface area contributed by atoms with Crippen LogP contribution in [0.3, 0.4) is 0 Å². The lowest BCUT2D eigenvalue weighted by molar-refractivity contribution is -0.132. The van der Waals surface area contributed by atoms with Gasteiger partial charge in [0.2, 0.25) is 5.91 Å². The lowest BCUT2D eigenvalue weighted by Gasteiger charge is -2.34. The van der Waals surface area contributed by atoms with Crippen molar-refractivity contribution >= 4 is 11.8 Å². The third kappa shape index (κ3) is 3.44. The van der Waals surface area contributed by atoms with Crippen LogP contribution >= 0.6 is 0 Å². The summed E-state index contributed by atoms with van der Waals surface area (Å²) in [4.78, 5) is 30.2. The monoisotopic (exact) mass is 425 g/mol. The SMILES string of the molecule is CN1CC2C(C#Cc3cccc(-c4cc(-c5ccnn5C)cc(C(N)=O)n4)c3)C[C@@H]2C1=O. The van der Waals surface area contributed by atoms with E-state index in [4.69, 9.17) is 5.73 Å². The standard InChI is InChI=1S/C25H23N5O2/c1-29-14-20-16(11-19(20)25(29)32)7-6-15-4-3-5-17(10-15)21-12-18(13-22(28-21)24(26)31)23-8-9-27-30(23)2/h3-5,8-10,12-13,16,19-20H,11,14H2,1-2H3,(H2,26,31)/t16?,19-,20?/m0/s1. The number of nitrogens with two attached hydrogens (primary N) is 1. The molecule has 1 aromatic carbocycles. The normalized spacial score (nSPS) is 21.5. The second-order valence-electron chi connectivity index (χ2n) is 8.51. The van der Waals surface area contributed by atoms with E-state index < -0.39 is 5.91 Å². The zero-order valence-corrected chi connectivity index (χ0v) is 17.9. The Kier molecular flexibility index (Phi) is 4.78. The fourth-order valence-corrected chi connectivity index (χ4v) is 4.64. The summed E-state index contributed by atoms with van der Waals surface area (Å²) in [7, 11) is 3.71. The Hall–Kier alpha value is -3.92. The number of nitrogens with zero attached hydrogens (tertiary/aromatic N) is 4. The largest absolute Gasteiger partial charge is 0.364 e. The highest BCUT2D eigenvalue weighted by atomic mass is 16.2. The van der Waals surface area contributed by atoms with Crippen LogP contribution in [0.1, 0.15) is 22.5 Å². The van der Waals surface area contributed by atoms with E-state index in [0.717, 1.165) is 35.3 Å². The van der Waals surface area contributed by atoms with Gasteiger partial charge in [0.05, 0.1) is 11.4 Å². The number of carbonyl (C=O) groups is 2. The van der Waals surface area contributed by atoms with Gasteiger partial charge in [0.25, 0.3) is 5.91 Å². The summed E-state index contributed by atoms with van der Waals surface area (Å²) in [6.45, 7) is 0.795. The van der Waals surface area contributed by atoms with Crippen LogP contribution in [0, 0.1) is 29.6 Å². The predicted molar refractivity (Wildman–Crippen MR) is 120 cm³/mol. The molecule has 2 unspecified atom stereocenters. The zero-order valence-electron chi connectivity index (χ0n) is 17.9. The van der Waals surface area contributed by atoms with Gasteiger partial charge in [-0.25, -0.2) is 4.98 Å². The molecule has 32 heavy (non-hydrogen) atoms. The van der Waals surface area contributed by atoms with Crippen LogP contribution < -0.4 is 5.73 Å². The summed E-state index contributed by atoms with van der Waals surface area (Å²) < 4.78 is 1.74. The first-order valence-electron chi connectivity index (χ1n) is 10.6. The first kappa shape index (κ1) is 20.0. The maximum atomic E-state index is 12.0. The summed E-state index contributed by atoms with van der Waals surface area (Å²) in [5.41, 5.74) is 9.79. The van der Waals surface area contributed by atoms with Crippen molar-refractivity contribution in [3.63, 3.8) is 0 Å². The summed E-state index contributed by atoms with van der Waals surface area (Å²) in [5, 5.41) is 4.21. The fourth-order valence-electron chi connectivity index (χ4n) is 4.64. The highest BCUT2D eigenvalue weighted by Gasteiger charge is 2.50. The molecule has 7 heteroatoms. The van der Waals surface area contributed by atoms with Crippen molar-refractivity contribution in [2.45, 2.75) is 6.42 Å². The molecule has 2 aromatic heterocycles. The predicted octanol–water partition coefficient (Wildman–Crippen LogP) is 2.32. The topological polar surface area (TPSA) is 94.1 Å². The minimum atomic E-state index is -0.582. The van der Waals surface area contributed by atoms with E-state index in [1.807, 2.05) is 55.4 Å². The van der Waals surface area contributed by atoms with Crippen LogP contribution in [0.5, 0.6) is 0 Å². The molecule has 0 spiro atoms. The Morgan fingerprint density at radius 3 is 2.72 bits per heavy atom. The smallest absolute Gasteiger partial charge is 0.267 e. The molecular weight excluding hydrogens is 402 g/mol. The van der Waals surface area contributed by atoms with Crippen LogP contribution in [0.15, 0.2) is 48.7 Å². The molecule has 1 aliphatic heterocycles. The first-order valence-corrected chi connectivity index (χ1v) is 10.6. The Morgan fingerprint density at radius 1 is 1.16 bits per heavy atom. The summed E-state index contributed by atoms with van der Waals surface area (Å²) in [6, 6.07) is 13.3. The molecule has 2 fully saturated rings. The average molecular weight is 425 g/mol. The quantitative estimate of drug-likeness (QED) is 0.652. The minimum absolute atomic E-state index is 0.150. The number of hydrogen-bond acceptors (Lipinski definition) is 4. The van der Waals surface area contributed by atoms with Crippen LogP contribution in [0.4, 0.5) is 0 Å². The lowest BCUT2D eigenvalue weighted by Crippen LogP contribution is -2.36. The van der Waals surface area contributed by atoms with E-state index in [-0.39, 0.29) is 23.4 Å². The van der Waals surface area contributed by atoms with Crippen molar-refractivity contribution in [2.24, 2.45) is 30.5 Å². The van der Waals surface area contributed by atoms with E-state index >= 15 is 0 Å². The van der Waals surface area contributed by atoms with Crippen molar-refractivity contribution in [1.82, 2.24) is 19.7 Å². The maximum Gasteiger partial charge on any atom is 0.267 e. The van der Waals surface area contributed by atoms with Gasteiger partial charge >= 0.3 is 0 Å². The van der Waals surface area contributed by atoms with E-state index in [9.17, 15) is 9.59 Å². The highest BCUT2D eigenvalue weighted by Crippen LogP contribution is 2.45. The molecule has 1 saturated heterocycles. The van der Waals surface area contributed by atoms with Crippen molar-refractivity contribution in [3.8, 4) is 34.4 Å². The molecule has 2 amide bonds. The van der Waals surface area contributed by atoms with E-state index in [0.29, 0.717) is 11.6 Å². The number of fused-ring (bicyclic) bond motifs is 1. The van der Waals surface area contributed by atoms with Crippen molar-refractivity contribution in [3.05, 3.63) is 59.9 Å². The highest BCUT2D eigenvalue weighted by molar-refractivity contribution is 5.93. The van der Waals surface area contributed by atoms with Crippen LogP contribution in [0.2, 0.25) is 0 Å². The van der Waals surface area contributed by atoms with Gasteiger partial charge in [-0.2, -0.15) is 5.10 Å². The van der Waals surface area contributed by atoms with Gasteiger partial charge in [0, 0.05) is 61.3 Å². The molecule has 2 aliphatic rings. The number of pyridine rings is 1. The Bertz CT molecular complexity index is 1300. The zero-order chi connectivity index (χ0) is 22.4. The number of likely N-dealkylation sites (tertiary alicyclic amines) is 1. The van der Waals surface area contributed by atoms with E-state index in [2.05, 4.69) is 21.9 Å². The third-order valence-corrected chi connectivity index (χ3v) is 6.47. The Morgan fingerprint density at radius 2 is 2.00 bits per heavy atom. The Labute approximate surface area is 186 Å². The third-order valence-electron chi connectivity index (χ3n) is 6.47. The number of aryl methyl sites for hydroxylation is 1. The van der Waals surface area contributed by atoms with E-state index in [1.54, 1.807) is 16.9 Å². The van der Waals surface area contributed by atoms with Gasteiger partial charge in [-0.15, -0.1) is 0 Å². The number of aromatic nitrogens is 3. The van der Waals surface area contributed by atoms with Gasteiger partial charge in [-0.3, -0.25) is 14.3 Å². The van der Waals surface area contributed by atoms with Crippen molar-refractivity contribution in [1.29, 1.82) is 0 Å². The molecule has 3 aromatic rings.